The van der Waals surface area contributed by atoms with Gasteiger partial charge in [0.2, 0.25) is 0 Å². The average Bonchev–Trinajstić information content (AvgIpc) is 2.74. The van der Waals surface area contributed by atoms with Gasteiger partial charge in [-0.05, 0) is 49.1 Å². The van der Waals surface area contributed by atoms with Gasteiger partial charge in [0.1, 0.15) is 5.69 Å². The summed E-state index contributed by atoms with van der Waals surface area (Å²) in [4.78, 5) is 0. The average molecular weight is 308 g/mol. The normalized spacial score (nSPS) is 16.6. The molecule has 0 bridgehead atoms. The van der Waals surface area contributed by atoms with Crippen molar-refractivity contribution in [1.82, 2.24) is 4.48 Å². The maximum absolute atomic E-state index is 2.35. The summed E-state index contributed by atoms with van der Waals surface area (Å²) in [6.45, 7) is 4.43. The van der Waals surface area contributed by atoms with Crippen LogP contribution < -0.4 is 4.48 Å². The minimum absolute atomic E-state index is 0. The first-order chi connectivity index (χ1) is 10.3. The Labute approximate surface area is 141 Å². The number of hydrogen-bond acceptors (Lipinski definition) is 0. The van der Waals surface area contributed by atoms with Crippen LogP contribution in [0, 0.1) is 6.92 Å². The Morgan fingerprint density at radius 1 is 0.913 bits per heavy atom. The molecule has 0 spiro atoms. The van der Waals surface area contributed by atoms with E-state index in [4.69, 9.17) is 0 Å². The quantitative estimate of drug-likeness (QED) is 0.650. The molecule has 1 aliphatic carbocycles. The molecule has 122 valence electrons. The molecule has 0 heterocycles. The molecule has 23 heavy (non-hydrogen) atoms. The third-order valence-electron chi connectivity index (χ3n) is 4.70. The molecular formula is C22H30N+. The molecule has 0 amide bonds. The van der Waals surface area contributed by atoms with Crippen LogP contribution in [0.3, 0.4) is 0 Å². The fourth-order valence-corrected chi connectivity index (χ4v) is 3.31. The fourth-order valence-electron chi connectivity index (χ4n) is 3.31. The van der Waals surface area contributed by atoms with Crippen LogP contribution in [0.25, 0.3) is 6.08 Å². The number of aryl methyl sites for hydroxylation is 1. The van der Waals surface area contributed by atoms with Crippen molar-refractivity contribution in [2.75, 3.05) is 21.1 Å². The lowest BCUT2D eigenvalue weighted by Gasteiger charge is -2.23. The van der Waals surface area contributed by atoms with Crippen molar-refractivity contribution in [3.05, 3.63) is 70.3 Å². The lowest BCUT2D eigenvalue weighted by atomic mass is 9.89. The Bertz CT molecular complexity index is 715. The van der Waals surface area contributed by atoms with Gasteiger partial charge in [-0.25, -0.2) is 0 Å². The molecule has 0 saturated heterocycles. The molecule has 1 atom stereocenters. The Balaban J connectivity index is 0.00000192. The second-order valence-corrected chi connectivity index (χ2v) is 7.46. The number of fused-ring (bicyclic) bond motifs is 1. The van der Waals surface area contributed by atoms with Crippen LogP contribution in [0.1, 0.15) is 42.5 Å². The third-order valence-corrected chi connectivity index (χ3v) is 4.70. The zero-order valence-electron chi connectivity index (χ0n) is 14.4. The summed E-state index contributed by atoms with van der Waals surface area (Å²) < 4.78 is 0.866. The zero-order chi connectivity index (χ0) is 15.9. The zero-order valence-corrected chi connectivity index (χ0v) is 14.4. The number of benzene rings is 2. The van der Waals surface area contributed by atoms with E-state index in [0.29, 0.717) is 5.92 Å². The molecule has 0 radical (unpaired) electrons. The van der Waals surface area contributed by atoms with Crippen LogP contribution in [0.4, 0.5) is 5.69 Å². The van der Waals surface area contributed by atoms with Gasteiger partial charge < -0.3 is 0 Å². The summed E-state index contributed by atoms with van der Waals surface area (Å²) in [6.07, 6.45) is 3.45. The summed E-state index contributed by atoms with van der Waals surface area (Å²) in [5.74, 6) is 0.533. The largest absolute Gasteiger partial charge is 0.298 e. The van der Waals surface area contributed by atoms with Gasteiger partial charge in [-0.2, -0.15) is 0 Å². The summed E-state index contributed by atoms with van der Waals surface area (Å²) in [5, 5.41) is 0. The molecule has 2 aromatic carbocycles. The summed E-state index contributed by atoms with van der Waals surface area (Å²) >= 11 is 0. The van der Waals surface area contributed by atoms with Gasteiger partial charge >= 0.3 is 0 Å². The molecule has 1 heteroatoms. The van der Waals surface area contributed by atoms with Crippen LogP contribution in [-0.4, -0.2) is 21.1 Å². The van der Waals surface area contributed by atoms with E-state index in [1.165, 1.54) is 33.5 Å². The maximum atomic E-state index is 2.35. The first-order valence-corrected chi connectivity index (χ1v) is 8.04. The van der Waals surface area contributed by atoms with E-state index < -0.39 is 0 Å². The van der Waals surface area contributed by atoms with Gasteiger partial charge in [-0.1, -0.05) is 55.0 Å². The second kappa shape index (κ2) is 6.33. The Hall–Kier alpha value is -1.86. The highest BCUT2D eigenvalue weighted by atomic mass is 15.3. The number of quaternary nitrogens is 1. The predicted molar refractivity (Wildman–Crippen MR) is 104 cm³/mol. The lowest BCUT2D eigenvalue weighted by Crippen LogP contribution is -2.34. The van der Waals surface area contributed by atoms with Crippen LogP contribution in [0.5, 0.6) is 0 Å². The molecule has 0 aromatic heterocycles. The third kappa shape index (κ3) is 3.56. The first-order valence-electron chi connectivity index (χ1n) is 8.04. The lowest BCUT2D eigenvalue weighted by molar-refractivity contribution is 0.486. The Morgan fingerprint density at radius 3 is 2.17 bits per heavy atom. The van der Waals surface area contributed by atoms with Gasteiger partial charge in [0.05, 0.1) is 21.1 Å². The van der Waals surface area contributed by atoms with Gasteiger partial charge in [0, 0.05) is 5.92 Å². The van der Waals surface area contributed by atoms with Crippen LogP contribution >= 0.6 is 0 Å². The number of allylic oxidation sites excluding steroid dienone is 1. The van der Waals surface area contributed by atoms with Crippen molar-refractivity contribution < 1.29 is 0 Å². The summed E-state index contributed by atoms with van der Waals surface area (Å²) in [5.41, 5.74) is 8.48. The van der Waals surface area contributed by atoms with E-state index in [0.717, 1.165) is 10.9 Å². The van der Waals surface area contributed by atoms with Crippen molar-refractivity contribution in [3.63, 3.8) is 0 Å². The Kier molecular flexibility index (Phi) is 4.81. The van der Waals surface area contributed by atoms with Crippen LogP contribution in [-0.2, 0) is 6.42 Å². The van der Waals surface area contributed by atoms with Crippen molar-refractivity contribution in [2.45, 2.75) is 33.6 Å². The van der Waals surface area contributed by atoms with E-state index in [2.05, 4.69) is 83.5 Å². The van der Waals surface area contributed by atoms with Crippen LogP contribution in [0.15, 0.2) is 48.0 Å². The minimum Gasteiger partial charge on any atom is -0.298 e. The molecule has 3 rings (SSSR count). The van der Waals surface area contributed by atoms with Crippen molar-refractivity contribution in [1.29, 1.82) is 0 Å². The highest BCUT2D eigenvalue weighted by molar-refractivity contribution is 5.67. The Morgan fingerprint density at radius 2 is 1.57 bits per heavy atom. The molecule has 2 aromatic rings. The maximum Gasteiger partial charge on any atom is 0.132 e. The highest BCUT2D eigenvalue weighted by Crippen LogP contribution is 2.38. The smallest absolute Gasteiger partial charge is 0.132 e. The van der Waals surface area contributed by atoms with Crippen molar-refractivity contribution >= 4 is 11.8 Å². The van der Waals surface area contributed by atoms with Gasteiger partial charge in [0.25, 0.3) is 0 Å². The van der Waals surface area contributed by atoms with E-state index in [-0.39, 0.29) is 7.43 Å². The SMILES string of the molecule is C.CC1=Cc2cc(C)ccc2C1Cc1ccc([N+](C)(C)C)cc1. The number of hydrogen-bond donors (Lipinski definition) is 0. The molecule has 1 nitrogen and oxygen atoms in total. The number of rotatable bonds is 3. The van der Waals surface area contributed by atoms with E-state index in [1.54, 1.807) is 0 Å². The summed E-state index contributed by atoms with van der Waals surface area (Å²) in [7, 11) is 6.62. The van der Waals surface area contributed by atoms with Gasteiger partial charge in [-0.15, -0.1) is 0 Å². The predicted octanol–water partition coefficient (Wildman–Crippen LogP) is 5.57. The molecule has 0 aliphatic heterocycles. The molecule has 0 saturated carbocycles. The highest BCUT2D eigenvalue weighted by Gasteiger charge is 2.23. The van der Waals surface area contributed by atoms with Crippen molar-refractivity contribution in [3.8, 4) is 0 Å². The fraction of sp³-hybridized carbons (Fsp3) is 0.364. The van der Waals surface area contributed by atoms with Gasteiger partial charge in [0.15, 0.2) is 0 Å². The van der Waals surface area contributed by atoms with Crippen LogP contribution in [0.2, 0.25) is 0 Å². The monoisotopic (exact) mass is 308 g/mol. The van der Waals surface area contributed by atoms with E-state index >= 15 is 0 Å². The molecule has 0 fully saturated rings. The first kappa shape index (κ1) is 17.5. The molecule has 0 N–H and O–H groups in total. The van der Waals surface area contributed by atoms with E-state index in [1.807, 2.05) is 0 Å². The topological polar surface area (TPSA) is 0 Å². The van der Waals surface area contributed by atoms with Crippen molar-refractivity contribution in [2.24, 2.45) is 0 Å². The molecular weight excluding hydrogens is 278 g/mol. The second-order valence-electron chi connectivity index (χ2n) is 7.46. The summed E-state index contributed by atoms with van der Waals surface area (Å²) in [6, 6.07) is 16.0. The standard InChI is InChI=1S/C21H26N.CH4/c1-15-6-11-20-18(12-15)13-16(2)21(20)14-17-7-9-19(10-8-17)22(3,4)5;/h6-13,21H,14H2,1-5H3;1H4/q+1;. The number of nitrogens with zero attached hydrogens (tertiary/aromatic N) is 1. The molecule has 1 unspecified atom stereocenters. The molecule has 1 aliphatic rings. The minimum atomic E-state index is 0. The van der Waals surface area contributed by atoms with E-state index in [9.17, 15) is 0 Å². The van der Waals surface area contributed by atoms with Gasteiger partial charge in [-0.3, -0.25) is 4.48 Å².